The summed E-state index contributed by atoms with van der Waals surface area (Å²) >= 11 is 0. The van der Waals surface area contributed by atoms with Crippen LogP contribution in [0.25, 0.3) is 0 Å². The highest BCUT2D eigenvalue weighted by Gasteiger charge is 2.36. The molecule has 0 aliphatic rings. The predicted octanol–water partition coefficient (Wildman–Crippen LogP) is 2.89. The summed E-state index contributed by atoms with van der Waals surface area (Å²) in [5, 5.41) is 18.9. The van der Waals surface area contributed by atoms with Crippen LogP contribution in [0.2, 0.25) is 0 Å². The Labute approximate surface area is 107 Å². The average Bonchev–Trinajstić information content (AvgIpc) is 2.28. The van der Waals surface area contributed by atoms with Gasteiger partial charge in [-0.3, -0.25) is 0 Å². The Morgan fingerprint density at radius 1 is 1.50 bits per heavy atom. The number of halogens is 5. The van der Waals surface area contributed by atoms with Crippen molar-refractivity contribution in [3.8, 4) is 11.8 Å². The van der Waals surface area contributed by atoms with E-state index in [2.05, 4.69) is 9.72 Å². The summed E-state index contributed by atoms with van der Waals surface area (Å²) in [4.78, 5) is 12.1. The normalized spacial score (nSPS) is 11.2. The standard InChI is InChI=1S/C9H4F5N3O3/c10-8(11)7-4(1-2-15)5(20-9(12,13)14)3-6(16-7)17(18)19/h3,8H,1H2. The van der Waals surface area contributed by atoms with Gasteiger partial charge in [0, 0.05) is 0 Å². The van der Waals surface area contributed by atoms with Crippen molar-refractivity contribution in [3.05, 3.63) is 27.4 Å². The fourth-order valence-electron chi connectivity index (χ4n) is 1.30. The summed E-state index contributed by atoms with van der Waals surface area (Å²) in [5.41, 5.74) is -2.13. The van der Waals surface area contributed by atoms with Crippen LogP contribution in [0.5, 0.6) is 5.75 Å². The van der Waals surface area contributed by atoms with Crippen molar-refractivity contribution < 1.29 is 31.6 Å². The lowest BCUT2D eigenvalue weighted by Gasteiger charge is -2.12. The van der Waals surface area contributed by atoms with Gasteiger partial charge in [0.15, 0.2) is 0 Å². The summed E-state index contributed by atoms with van der Waals surface area (Å²) in [7, 11) is 0. The van der Waals surface area contributed by atoms with Crippen molar-refractivity contribution in [2.45, 2.75) is 19.2 Å². The lowest BCUT2D eigenvalue weighted by atomic mass is 10.1. The molecular formula is C9H4F5N3O3. The quantitative estimate of drug-likeness (QED) is 0.484. The van der Waals surface area contributed by atoms with E-state index in [1.807, 2.05) is 0 Å². The fourth-order valence-corrected chi connectivity index (χ4v) is 1.30. The minimum absolute atomic E-state index is 0.242. The molecule has 0 spiro atoms. The van der Waals surface area contributed by atoms with Crippen LogP contribution in [-0.4, -0.2) is 16.3 Å². The smallest absolute Gasteiger partial charge is 0.405 e. The van der Waals surface area contributed by atoms with E-state index in [1.54, 1.807) is 0 Å². The van der Waals surface area contributed by atoms with Crippen LogP contribution in [0.4, 0.5) is 27.8 Å². The van der Waals surface area contributed by atoms with Crippen LogP contribution in [0, 0.1) is 21.4 Å². The van der Waals surface area contributed by atoms with Crippen LogP contribution in [0.3, 0.4) is 0 Å². The molecule has 1 rings (SSSR count). The van der Waals surface area contributed by atoms with E-state index in [1.165, 1.54) is 6.07 Å². The number of nitriles is 1. The van der Waals surface area contributed by atoms with Crippen LogP contribution in [-0.2, 0) is 6.42 Å². The molecule has 1 heterocycles. The number of rotatable bonds is 4. The molecule has 6 nitrogen and oxygen atoms in total. The molecule has 0 aliphatic carbocycles. The van der Waals surface area contributed by atoms with Crippen molar-refractivity contribution in [1.82, 2.24) is 4.98 Å². The minimum Gasteiger partial charge on any atom is -0.405 e. The van der Waals surface area contributed by atoms with Gasteiger partial charge < -0.3 is 14.9 Å². The van der Waals surface area contributed by atoms with Gasteiger partial charge in [0.2, 0.25) is 5.69 Å². The SMILES string of the molecule is N#CCc1c(OC(F)(F)F)cc([N+](=O)[O-])nc1C(F)F. The molecule has 0 bridgehead atoms. The van der Waals surface area contributed by atoms with Gasteiger partial charge in [-0.25, -0.2) is 8.78 Å². The second kappa shape index (κ2) is 5.64. The minimum atomic E-state index is -5.25. The van der Waals surface area contributed by atoms with Crippen molar-refractivity contribution in [1.29, 1.82) is 5.26 Å². The van der Waals surface area contributed by atoms with E-state index >= 15 is 0 Å². The molecule has 1 aromatic rings. The molecule has 0 aromatic carbocycles. The number of ether oxygens (including phenoxy) is 1. The molecule has 0 aliphatic heterocycles. The number of pyridine rings is 1. The van der Waals surface area contributed by atoms with Gasteiger partial charge in [0.05, 0.1) is 24.1 Å². The monoisotopic (exact) mass is 297 g/mol. The summed E-state index contributed by atoms with van der Waals surface area (Å²) < 4.78 is 65.2. The zero-order valence-electron chi connectivity index (χ0n) is 9.32. The maximum atomic E-state index is 12.7. The first-order valence-electron chi connectivity index (χ1n) is 4.74. The van der Waals surface area contributed by atoms with Crippen molar-refractivity contribution in [3.63, 3.8) is 0 Å². The lowest BCUT2D eigenvalue weighted by Crippen LogP contribution is -2.19. The first-order chi connectivity index (χ1) is 9.15. The maximum absolute atomic E-state index is 12.7. The summed E-state index contributed by atoms with van der Waals surface area (Å²) in [6.07, 6.45) is -9.51. The Morgan fingerprint density at radius 3 is 2.50 bits per heavy atom. The first kappa shape index (κ1) is 15.5. The summed E-state index contributed by atoms with van der Waals surface area (Å²) in [6, 6.07) is 1.61. The topological polar surface area (TPSA) is 89.0 Å². The Kier molecular flexibility index (Phi) is 4.38. The molecular weight excluding hydrogens is 293 g/mol. The van der Waals surface area contributed by atoms with Gasteiger partial charge in [0.25, 0.3) is 0 Å². The molecule has 0 N–H and O–H groups in total. The van der Waals surface area contributed by atoms with Crippen LogP contribution in [0.15, 0.2) is 6.07 Å². The van der Waals surface area contributed by atoms with Crippen molar-refractivity contribution >= 4 is 5.82 Å². The third kappa shape index (κ3) is 3.74. The van der Waals surface area contributed by atoms with E-state index in [-0.39, 0.29) is 6.07 Å². The fraction of sp³-hybridized carbons (Fsp3) is 0.333. The van der Waals surface area contributed by atoms with Gasteiger partial charge in [0.1, 0.15) is 5.75 Å². The first-order valence-corrected chi connectivity index (χ1v) is 4.74. The van der Waals surface area contributed by atoms with E-state index in [0.717, 1.165) is 0 Å². The molecule has 0 amide bonds. The Bertz CT molecular complexity index is 567. The van der Waals surface area contributed by atoms with Crippen molar-refractivity contribution in [2.75, 3.05) is 0 Å². The number of hydrogen-bond donors (Lipinski definition) is 0. The average molecular weight is 297 g/mol. The van der Waals surface area contributed by atoms with Crippen LogP contribution in [0.1, 0.15) is 17.7 Å². The van der Waals surface area contributed by atoms with Gasteiger partial charge in [-0.15, -0.1) is 13.2 Å². The number of aromatic nitrogens is 1. The van der Waals surface area contributed by atoms with Crippen LogP contribution < -0.4 is 4.74 Å². The molecule has 20 heavy (non-hydrogen) atoms. The zero-order chi connectivity index (χ0) is 15.5. The molecule has 0 fully saturated rings. The molecule has 0 atom stereocenters. The Morgan fingerprint density at radius 2 is 2.10 bits per heavy atom. The number of alkyl halides is 5. The largest absolute Gasteiger partial charge is 0.573 e. The Balaban J connectivity index is 3.51. The molecule has 11 heteroatoms. The van der Waals surface area contributed by atoms with Crippen LogP contribution >= 0.6 is 0 Å². The summed E-state index contributed by atoms with van der Waals surface area (Å²) in [5.74, 6) is -2.47. The highest BCUT2D eigenvalue weighted by Crippen LogP contribution is 2.35. The highest BCUT2D eigenvalue weighted by molar-refractivity contribution is 5.45. The number of nitrogens with zero attached hydrogens (tertiary/aromatic N) is 3. The molecule has 0 unspecified atom stereocenters. The molecule has 0 saturated heterocycles. The van der Waals surface area contributed by atoms with Crippen molar-refractivity contribution in [2.24, 2.45) is 0 Å². The van der Waals surface area contributed by atoms with E-state index in [4.69, 9.17) is 5.26 Å². The van der Waals surface area contributed by atoms with E-state index < -0.39 is 47.0 Å². The van der Waals surface area contributed by atoms with E-state index in [9.17, 15) is 32.1 Å². The highest BCUT2D eigenvalue weighted by atomic mass is 19.4. The number of nitro groups is 1. The second-order valence-corrected chi connectivity index (χ2v) is 3.28. The van der Waals surface area contributed by atoms with Gasteiger partial charge in [-0.05, 0) is 9.91 Å². The molecule has 108 valence electrons. The third-order valence-corrected chi connectivity index (χ3v) is 1.98. The van der Waals surface area contributed by atoms with Gasteiger partial charge >= 0.3 is 18.6 Å². The predicted molar refractivity (Wildman–Crippen MR) is 51.8 cm³/mol. The maximum Gasteiger partial charge on any atom is 0.573 e. The Hall–Kier alpha value is -2.51. The van der Waals surface area contributed by atoms with E-state index in [0.29, 0.717) is 0 Å². The zero-order valence-corrected chi connectivity index (χ0v) is 9.32. The number of hydrogen-bond acceptors (Lipinski definition) is 5. The van der Waals surface area contributed by atoms with Gasteiger partial charge in [-0.2, -0.15) is 5.26 Å². The molecule has 0 saturated carbocycles. The second-order valence-electron chi connectivity index (χ2n) is 3.28. The molecule has 1 aromatic heterocycles. The lowest BCUT2D eigenvalue weighted by molar-refractivity contribution is -0.390. The third-order valence-electron chi connectivity index (χ3n) is 1.98. The summed E-state index contributed by atoms with van der Waals surface area (Å²) in [6.45, 7) is 0. The van der Waals surface area contributed by atoms with Gasteiger partial charge in [-0.1, -0.05) is 0 Å². The molecule has 0 radical (unpaired) electrons.